The number of amides is 1. The number of carbonyl (C=O) groups is 2. The number of carbonyl (C=O) groups excluding carboxylic acids is 1. The standard InChI is InChI=1S/C12H19N3O4S/c1-7-10(12(17)18)20-9(15-7)6-14-11(16)8(13)4-3-5-19-2/h8H,3-6,13H2,1-2H3,(H,14,16)(H,17,18). The maximum Gasteiger partial charge on any atom is 0.347 e. The van der Waals surface area contributed by atoms with Crippen LogP contribution in [0.3, 0.4) is 0 Å². The highest BCUT2D eigenvalue weighted by atomic mass is 32.1. The highest BCUT2D eigenvalue weighted by Crippen LogP contribution is 2.17. The molecule has 0 spiro atoms. The number of carboxylic acids is 1. The summed E-state index contributed by atoms with van der Waals surface area (Å²) in [6, 6.07) is -0.592. The van der Waals surface area contributed by atoms with Crippen LogP contribution in [0.5, 0.6) is 0 Å². The fraction of sp³-hybridized carbons (Fsp3) is 0.583. The van der Waals surface area contributed by atoms with Crippen LogP contribution >= 0.6 is 11.3 Å². The van der Waals surface area contributed by atoms with Crippen molar-refractivity contribution in [3.8, 4) is 0 Å². The topological polar surface area (TPSA) is 115 Å². The lowest BCUT2D eigenvalue weighted by molar-refractivity contribution is -0.122. The molecule has 0 radical (unpaired) electrons. The first-order chi connectivity index (χ1) is 9.45. The molecule has 8 heteroatoms. The second-order valence-electron chi connectivity index (χ2n) is 4.29. The van der Waals surface area contributed by atoms with Crippen molar-refractivity contribution < 1.29 is 19.4 Å². The second kappa shape index (κ2) is 7.93. The van der Waals surface area contributed by atoms with Crippen LogP contribution in [-0.2, 0) is 16.1 Å². The van der Waals surface area contributed by atoms with Gasteiger partial charge in [-0.25, -0.2) is 9.78 Å². The molecule has 0 saturated carbocycles. The normalized spacial score (nSPS) is 12.2. The number of thiazole rings is 1. The van der Waals surface area contributed by atoms with Crippen molar-refractivity contribution in [1.29, 1.82) is 0 Å². The number of ether oxygens (including phenoxy) is 1. The molecule has 1 atom stereocenters. The molecule has 0 aromatic carbocycles. The first kappa shape index (κ1) is 16.5. The summed E-state index contributed by atoms with van der Waals surface area (Å²) in [5.74, 6) is -1.28. The number of hydrogen-bond acceptors (Lipinski definition) is 6. The van der Waals surface area contributed by atoms with Crippen molar-refractivity contribution in [1.82, 2.24) is 10.3 Å². The molecule has 1 aromatic heterocycles. The lowest BCUT2D eigenvalue weighted by Gasteiger charge is -2.10. The number of nitrogens with two attached hydrogens (primary N) is 1. The Bertz CT molecular complexity index is 475. The molecule has 4 N–H and O–H groups in total. The molecule has 112 valence electrons. The monoisotopic (exact) mass is 301 g/mol. The third-order valence-electron chi connectivity index (χ3n) is 2.65. The van der Waals surface area contributed by atoms with Crippen molar-refractivity contribution in [3.63, 3.8) is 0 Å². The molecule has 1 amide bonds. The van der Waals surface area contributed by atoms with Gasteiger partial charge in [-0.15, -0.1) is 11.3 Å². The first-order valence-corrected chi connectivity index (χ1v) is 6.99. The summed E-state index contributed by atoms with van der Waals surface area (Å²) in [5.41, 5.74) is 6.18. The van der Waals surface area contributed by atoms with Crippen molar-refractivity contribution in [3.05, 3.63) is 15.6 Å². The molecule has 1 heterocycles. The third kappa shape index (κ3) is 4.87. The Morgan fingerprint density at radius 3 is 2.80 bits per heavy atom. The molecule has 1 unspecified atom stereocenters. The van der Waals surface area contributed by atoms with E-state index in [-0.39, 0.29) is 17.3 Å². The van der Waals surface area contributed by atoms with E-state index in [0.29, 0.717) is 30.2 Å². The molecule has 20 heavy (non-hydrogen) atoms. The largest absolute Gasteiger partial charge is 0.477 e. The van der Waals surface area contributed by atoms with Crippen LogP contribution in [0.25, 0.3) is 0 Å². The van der Waals surface area contributed by atoms with Gasteiger partial charge in [0.2, 0.25) is 5.91 Å². The number of aryl methyl sites for hydroxylation is 1. The van der Waals surface area contributed by atoms with Gasteiger partial charge >= 0.3 is 5.97 Å². The zero-order valence-electron chi connectivity index (χ0n) is 11.5. The van der Waals surface area contributed by atoms with Gasteiger partial charge in [-0.1, -0.05) is 0 Å². The summed E-state index contributed by atoms with van der Waals surface area (Å²) in [4.78, 5) is 26.9. The number of carboxylic acid groups (broad SMARTS) is 1. The SMILES string of the molecule is COCCCC(N)C(=O)NCc1nc(C)c(C(=O)O)s1. The second-order valence-corrected chi connectivity index (χ2v) is 5.37. The Labute approximate surface area is 121 Å². The summed E-state index contributed by atoms with van der Waals surface area (Å²) < 4.78 is 4.89. The van der Waals surface area contributed by atoms with Gasteiger partial charge in [0, 0.05) is 13.7 Å². The molecule has 1 aromatic rings. The summed E-state index contributed by atoms with van der Waals surface area (Å²) in [7, 11) is 1.59. The van der Waals surface area contributed by atoms with Crippen LogP contribution in [0.2, 0.25) is 0 Å². The van der Waals surface area contributed by atoms with E-state index < -0.39 is 12.0 Å². The summed E-state index contributed by atoms with van der Waals surface area (Å²) in [6.45, 7) is 2.38. The highest BCUT2D eigenvalue weighted by molar-refractivity contribution is 7.13. The Balaban J connectivity index is 2.44. The van der Waals surface area contributed by atoms with Crippen LogP contribution in [-0.4, -0.2) is 41.7 Å². The number of aromatic nitrogens is 1. The van der Waals surface area contributed by atoms with E-state index in [9.17, 15) is 9.59 Å². The minimum Gasteiger partial charge on any atom is -0.477 e. The van der Waals surface area contributed by atoms with Gasteiger partial charge in [0.05, 0.1) is 18.3 Å². The number of hydrogen-bond donors (Lipinski definition) is 3. The summed E-state index contributed by atoms with van der Waals surface area (Å²) >= 11 is 1.06. The van der Waals surface area contributed by atoms with E-state index in [1.54, 1.807) is 14.0 Å². The summed E-state index contributed by atoms with van der Waals surface area (Å²) in [6.07, 6.45) is 1.25. The van der Waals surface area contributed by atoms with Gasteiger partial charge in [0.25, 0.3) is 0 Å². The first-order valence-electron chi connectivity index (χ1n) is 6.17. The van der Waals surface area contributed by atoms with Crippen molar-refractivity contribution >= 4 is 23.2 Å². The molecule has 0 aliphatic rings. The van der Waals surface area contributed by atoms with Crippen LogP contribution in [0, 0.1) is 6.92 Å². The number of rotatable bonds is 8. The zero-order valence-corrected chi connectivity index (χ0v) is 12.3. The van der Waals surface area contributed by atoms with E-state index in [1.807, 2.05) is 0 Å². The van der Waals surface area contributed by atoms with Crippen molar-refractivity contribution in [2.75, 3.05) is 13.7 Å². The zero-order chi connectivity index (χ0) is 15.1. The predicted molar refractivity (Wildman–Crippen MR) is 74.7 cm³/mol. The average molecular weight is 301 g/mol. The number of aromatic carboxylic acids is 1. The molecule has 7 nitrogen and oxygen atoms in total. The summed E-state index contributed by atoms with van der Waals surface area (Å²) in [5, 5.41) is 12.1. The Morgan fingerprint density at radius 1 is 1.55 bits per heavy atom. The van der Waals surface area contributed by atoms with Gasteiger partial charge in [-0.05, 0) is 19.8 Å². The highest BCUT2D eigenvalue weighted by Gasteiger charge is 2.16. The lowest BCUT2D eigenvalue weighted by atomic mass is 10.1. The molecule has 0 saturated heterocycles. The number of nitrogens with one attached hydrogen (secondary N) is 1. The smallest absolute Gasteiger partial charge is 0.347 e. The van der Waals surface area contributed by atoms with E-state index >= 15 is 0 Å². The van der Waals surface area contributed by atoms with Gasteiger partial charge in [0.15, 0.2) is 0 Å². The quantitative estimate of drug-likeness (QED) is 0.603. The average Bonchev–Trinajstić information content (AvgIpc) is 2.77. The van der Waals surface area contributed by atoms with Crippen LogP contribution < -0.4 is 11.1 Å². The fourth-order valence-electron chi connectivity index (χ4n) is 1.60. The van der Waals surface area contributed by atoms with E-state index in [1.165, 1.54) is 0 Å². The lowest BCUT2D eigenvalue weighted by Crippen LogP contribution is -2.40. The fourth-order valence-corrected chi connectivity index (χ4v) is 2.44. The number of methoxy groups -OCH3 is 1. The maximum absolute atomic E-state index is 11.7. The van der Waals surface area contributed by atoms with Crippen LogP contribution in [0.15, 0.2) is 0 Å². The van der Waals surface area contributed by atoms with Gasteiger partial charge in [-0.2, -0.15) is 0 Å². The Hall–Kier alpha value is -1.51. The minimum atomic E-state index is -1.01. The molecule has 0 aliphatic carbocycles. The molecule has 0 bridgehead atoms. The van der Waals surface area contributed by atoms with Crippen LogP contribution in [0.1, 0.15) is 33.2 Å². The third-order valence-corrected chi connectivity index (χ3v) is 3.79. The Morgan fingerprint density at radius 2 is 2.25 bits per heavy atom. The van der Waals surface area contributed by atoms with Crippen molar-refractivity contribution in [2.45, 2.75) is 32.4 Å². The van der Waals surface area contributed by atoms with Crippen LogP contribution in [0.4, 0.5) is 0 Å². The molecule has 0 aliphatic heterocycles. The molecule has 1 rings (SSSR count). The van der Waals surface area contributed by atoms with Gasteiger partial charge in [0.1, 0.15) is 9.88 Å². The molecule has 0 fully saturated rings. The van der Waals surface area contributed by atoms with E-state index in [4.69, 9.17) is 15.6 Å². The molecular weight excluding hydrogens is 282 g/mol. The predicted octanol–water partition coefficient (Wildman–Crippen LogP) is 0.520. The van der Waals surface area contributed by atoms with E-state index in [0.717, 1.165) is 11.3 Å². The van der Waals surface area contributed by atoms with Gasteiger partial charge < -0.3 is 20.9 Å². The van der Waals surface area contributed by atoms with Gasteiger partial charge in [-0.3, -0.25) is 4.79 Å². The minimum absolute atomic E-state index is 0.190. The van der Waals surface area contributed by atoms with E-state index in [2.05, 4.69) is 10.3 Å². The van der Waals surface area contributed by atoms with Crippen molar-refractivity contribution in [2.24, 2.45) is 5.73 Å². The maximum atomic E-state index is 11.7. The Kier molecular flexibility index (Phi) is 6.56. The number of nitrogens with zero attached hydrogens (tertiary/aromatic N) is 1. The molecular formula is C12H19N3O4S.